The second-order valence-corrected chi connectivity index (χ2v) is 7.86. The smallest absolute Gasteiger partial charge is 0.252 e. The summed E-state index contributed by atoms with van der Waals surface area (Å²) in [5.74, 6) is -0.669. The van der Waals surface area contributed by atoms with Crippen LogP contribution >= 0.6 is 0 Å². The number of ether oxygens (including phenoxy) is 1. The van der Waals surface area contributed by atoms with Gasteiger partial charge in [-0.15, -0.1) is 0 Å². The van der Waals surface area contributed by atoms with Crippen LogP contribution < -0.4 is 16.2 Å². The molecule has 0 spiro atoms. The van der Waals surface area contributed by atoms with E-state index in [-0.39, 0.29) is 22.3 Å². The Labute approximate surface area is 151 Å². The number of rotatable bonds is 7. The molecule has 0 saturated heterocycles. The Hall–Kier alpha value is -2.49. The zero-order chi connectivity index (χ0) is 18.9. The lowest BCUT2D eigenvalue weighted by atomic mass is 10.0. The minimum absolute atomic E-state index is 0.0151. The van der Waals surface area contributed by atoms with Crippen LogP contribution in [0.4, 0.5) is 5.82 Å². The fourth-order valence-corrected chi connectivity index (χ4v) is 3.99. The van der Waals surface area contributed by atoms with Gasteiger partial charge in [-0.25, -0.2) is 18.1 Å². The summed E-state index contributed by atoms with van der Waals surface area (Å²) in [7, 11) is -2.11. The molecule has 2 aromatic rings. The van der Waals surface area contributed by atoms with E-state index in [1.807, 2.05) is 0 Å². The molecule has 138 valence electrons. The molecule has 0 radical (unpaired) electrons. The largest absolute Gasteiger partial charge is 0.383 e. The first-order valence-electron chi connectivity index (χ1n) is 8.02. The highest BCUT2D eigenvalue weighted by Crippen LogP contribution is 2.29. The molecule has 1 aromatic heterocycles. The summed E-state index contributed by atoms with van der Waals surface area (Å²) in [6.45, 7) is 0. The molecule has 1 aliphatic rings. The molecule has 5 N–H and O–H groups in total. The Morgan fingerprint density at radius 3 is 2.65 bits per heavy atom. The summed E-state index contributed by atoms with van der Waals surface area (Å²) >= 11 is 0. The van der Waals surface area contributed by atoms with Gasteiger partial charge in [-0.1, -0.05) is 12.1 Å². The van der Waals surface area contributed by atoms with Crippen LogP contribution in [0.5, 0.6) is 0 Å². The number of anilines is 1. The van der Waals surface area contributed by atoms with Gasteiger partial charge in [0.25, 0.3) is 5.91 Å². The second-order valence-electron chi connectivity index (χ2n) is 6.15. The number of carbonyl (C=O) groups excluding carboxylic acids is 1. The van der Waals surface area contributed by atoms with Gasteiger partial charge >= 0.3 is 0 Å². The maximum Gasteiger partial charge on any atom is 0.252 e. The molecular weight excluding hydrogens is 356 g/mol. The number of primary amides is 1. The molecule has 0 bridgehead atoms. The van der Waals surface area contributed by atoms with E-state index in [4.69, 9.17) is 16.2 Å². The van der Waals surface area contributed by atoms with E-state index in [2.05, 4.69) is 9.71 Å². The number of aromatic nitrogens is 1. The molecule has 8 nitrogen and oxygen atoms in total. The first-order chi connectivity index (χ1) is 12.3. The summed E-state index contributed by atoms with van der Waals surface area (Å²) < 4.78 is 33.0. The number of amides is 1. The van der Waals surface area contributed by atoms with E-state index < -0.39 is 22.0 Å². The molecule has 1 aliphatic carbocycles. The van der Waals surface area contributed by atoms with Gasteiger partial charge in [0.2, 0.25) is 10.0 Å². The Kier molecular flexibility index (Phi) is 4.94. The predicted molar refractivity (Wildman–Crippen MR) is 95.8 cm³/mol. The monoisotopic (exact) mass is 376 g/mol. The number of methoxy groups -OCH3 is 1. The third kappa shape index (κ3) is 3.85. The molecule has 1 amide bonds. The average Bonchev–Trinajstić information content (AvgIpc) is 3.40. The van der Waals surface area contributed by atoms with Crippen molar-refractivity contribution in [1.29, 1.82) is 0 Å². The molecule has 1 heterocycles. The fourth-order valence-electron chi connectivity index (χ4n) is 2.63. The van der Waals surface area contributed by atoms with Gasteiger partial charge in [0, 0.05) is 24.9 Å². The molecule has 1 saturated carbocycles. The number of pyridine rings is 1. The van der Waals surface area contributed by atoms with Crippen molar-refractivity contribution in [2.24, 2.45) is 5.73 Å². The van der Waals surface area contributed by atoms with Crippen molar-refractivity contribution < 1.29 is 17.9 Å². The molecule has 9 heteroatoms. The fraction of sp³-hybridized carbons (Fsp3) is 0.294. The number of nitrogens with zero attached hydrogens (tertiary/aromatic N) is 1. The van der Waals surface area contributed by atoms with Crippen LogP contribution in [0.15, 0.2) is 41.4 Å². The summed E-state index contributed by atoms with van der Waals surface area (Å²) in [6.07, 6.45) is 2.55. The molecule has 1 aromatic carbocycles. The molecule has 26 heavy (non-hydrogen) atoms. The van der Waals surface area contributed by atoms with Crippen LogP contribution in [0, 0.1) is 0 Å². The van der Waals surface area contributed by atoms with Gasteiger partial charge in [0.05, 0.1) is 10.5 Å². The third-order valence-electron chi connectivity index (χ3n) is 4.11. The van der Waals surface area contributed by atoms with Crippen molar-refractivity contribution in [3.8, 4) is 0 Å². The van der Waals surface area contributed by atoms with Crippen molar-refractivity contribution in [3.05, 3.63) is 53.2 Å². The van der Waals surface area contributed by atoms with Crippen molar-refractivity contribution >= 4 is 21.7 Å². The molecule has 1 unspecified atom stereocenters. The Morgan fingerprint density at radius 1 is 1.31 bits per heavy atom. The van der Waals surface area contributed by atoms with Gasteiger partial charge in [-0.3, -0.25) is 4.79 Å². The van der Waals surface area contributed by atoms with Crippen molar-refractivity contribution in [1.82, 2.24) is 9.71 Å². The van der Waals surface area contributed by atoms with Gasteiger partial charge in [-0.05, 0) is 36.6 Å². The molecule has 3 rings (SSSR count). The van der Waals surface area contributed by atoms with Crippen molar-refractivity contribution in [2.75, 3.05) is 12.8 Å². The lowest BCUT2D eigenvalue weighted by Crippen LogP contribution is -2.25. The van der Waals surface area contributed by atoms with E-state index in [9.17, 15) is 13.2 Å². The van der Waals surface area contributed by atoms with E-state index in [0.717, 1.165) is 12.8 Å². The minimum Gasteiger partial charge on any atom is -0.383 e. The molecule has 1 fully saturated rings. The van der Waals surface area contributed by atoms with Crippen LogP contribution in [-0.4, -0.2) is 32.5 Å². The number of sulfonamides is 1. The maximum absolute atomic E-state index is 12.4. The number of nitrogens with two attached hydrogens (primary N) is 2. The van der Waals surface area contributed by atoms with Crippen LogP contribution in [0.2, 0.25) is 0 Å². The van der Waals surface area contributed by atoms with Gasteiger partial charge in [0.1, 0.15) is 11.9 Å². The average molecular weight is 376 g/mol. The second kappa shape index (κ2) is 7.02. The summed E-state index contributed by atoms with van der Waals surface area (Å²) in [5, 5.41) is 0. The van der Waals surface area contributed by atoms with E-state index in [0.29, 0.717) is 11.1 Å². The topological polar surface area (TPSA) is 137 Å². The highest BCUT2D eigenvalue weighted by atomic mass is 32.2. The number of hydrogen-bond donors (Lipinski definition) is 3. The molecule has 0 aliphatic heterocycles. The highest BCUT2D eigenvalue weighted by molar-refractivity contribution is 7.89. The summed E-state index contributed by atoms with van der Waals surface area (Å²) in [5.41, 5.74) is 12.2. The van der Waals surface area contributed by atoms with E-state index >= 15 is 0 Å². The van der Waals surface area contributed by atoms with Crippen LogP contribution in [0.1, 0.15) is 40.4 Å². The highest BCUT2D eigenvalue weighted by Gasteiger charge is 2.28. The number of carbonyl (C=O) groups is 1. The normalized spacial score (nSPS) is 15.6. The number of nitrogens with one attached hydrogen (secondary N) is 1. The first-order valence-corrected chi connectivity index (χ1v) is 9.50. The SMILES string of the molecule is COC(c1cccc(S(=O)(=O)NC2CC2)c1)c1cnc(N)c(C(N)=O)c1. The zero-order valence-corrected chi connectivity index (χ0v) is 15.0. The Bertz CT molecular complexity index is 942. The Morgan fingerprint density at radius 2 is 2.04 bits per heavy atom. The number of hydrogen-bond acceptors (Lipinski definition) is 6. The van der Waals surface area contributed by atoms with Gasteiger partial charge < -0.3 is 16.2 Å². The predicted octanol–water partition coefficient (Wildman–Crippen LogP) is 0.939. The lowest BCUT2D eigenvalue weighted by molar-refractivity contribution is 0.1000. The van der Waals surface area contributed by atoms with E-state index in [1.54, 1.807) is 18.2 Å². The van der Waals surface area contributed by atoms with Gasteiger partial charge in [-0.2, -0.15) is 0 Å². The van der Waals surface area contributed by atoms with Crippen molar-refractivity contribution in [3.63, 3.8) is 0 Å². The summed E-state index contributed by atoms with van der Waals surface area (Å²) in [4.78, 5) is 15.6. The van der Waals surface area contributed by atoms with Crippen LogP contribution in [0.25, 0.3) is 0 Å². The summed E-state index contributed by atoms with van der Waals surface area (Å²) in [6, 6.07) is 7.97. The lowest BCUT2D eigenvalue weighted by Gasteiger charge is -2.18. The van der Waals surface area contributed by atoms with Crippen LogP contribution in [-0.2, 0) is 14.8 Å². The van der Waals surface area contributed by atoms with E-state index in [1.165, 1.54) is 25.4 Å². The zero-order valence-electron chi connectivity index (χ0n) is 14.2. The Balaban J connectivity index is 1.97. The van der Waals surface area contributed by atoms with Crippen molar-refractivity contribution in [2.45, 2.75) is 29.9 Å². The maximum atomic E-state index is 12.4. The number of nitrogen functional groups attached to an aromatic ring is 1. The quantitative estimate of drug-likeness (QED) is 0.657. The molecular formula is C17H20N4O4S. The minimum atomic E-state index is -3.59. The number of benzene rings is 1. The standard InChI is InChI=1S/C17H20N4O4S/c1-25-15(11-8-14(17(19)22)16(18)20-9-11)10-3-2-4-13(7-10)26(23,24)21-12-5-6-12/h2-4,7-9,12,15,21H,5-6H2,1H3,(H2,18,20)(H2,19,22). The third-order valence-corrected chi connectivity index (χ3v) is 5.63. The molecule has 1 atom stereocenters. The first kappa shape index (κ1) is 18.3. The van der Waals surface area contributed by atoms with Crippen LogP contribution in [0.3, 0.4) is 0 Å². The van der Waals surface area contributed by atoms with Gasteiger partial charge in [0.15, 0.2) is 0 Å².